The van der Waals surface area contributed by atoms with Crippen LogP contribution >= 0.6 is 0 Å². The van der Waals surface area contributed by atoms with Gasteiger partial charge in [0, 0.05) is 5.56 Å². The maximum absolute atomic E-state index is 13.0. The normalized spacial score (nSPS) is 13.3. The minimum atomic E-state index is -0.275. The molecule has 178 valence electrons. The van der Waals surface area contributed by atoms with Gasteiger partial charge in [0.15, 0.2) is 0 Å². The number of rotatable bonds is 15. The molecule has 0 aromatic heterocycles. The van der Waals surface area contributed by atoms with Crippen molar-refractivity contribution < 1.29 is 14.3 Å². The van der Waals surface area contributed by atoms with Crippen molar-refractivity contribution in [3.63, 3.8) is 0 Å². The summed E-state index contributed by atoms with van der Waals surface area (Å²) in [6, 6.07) is 14.7. The molecular weight excluding hydrogens is 410 g/mol. The average molecular weight is 450 g/mol. The molecular formula is C29H39NO3. The standard InChI is InChI=1S/C29H39NO3/c1-2-3-4-5-6-7-8-9-10-11-12-17-22-33-27-21-16-15-20-26(27)30-28(31)23-24-18-13-14-19-25(24)29(30)32/h13-16,18-21H,2-12,17,22-23H2,1H3. The van der Waals surface area contributed by atoms with Crippen molar-refractivity contribution in [2.45, 2.75) is 90.4 Å². The third-order valence-corrected chi connectivity index (χ3v) is 6.40. The number of unbranched alkanes of at least 4 members (excludes halogenated alkanes) is 11. The second kappa shape index (κ2) is 13.8. The molecule has 4 heteroatoms. The molecule has 0 bridgehead atoms. The van der Waals surface area contributed by atoms with Gasteiger partial charge in [-0.15, -0.1) is 0 Å². The molecule has 0 spiro atoms. The Hall–Kier alpha value is -2.62. The van der Waals surface area contributed by atoms with E-state index in [9.17, 15) is 9.59 Å². The van der Waals surface area contributed by atoms with Crippen molar-refractivity contribution in [3.8, 4) is 5.75 Å². The molecule has 0 fully saturated rings. The van der Waals surface area contributed by atoms with E-state index in [1.54, 1.807) is 12.1 Å². The number of ether oxygens (including phenoxy) is 1. The van der Waals surface area contributed by atoms with Crippen LogP contribution in [-0.2, 0) is 11.2 Å². The molecule has 3 rings (SSSR count). The second-order valence-corrected chi connectivity index (χ2v) is 9.07. The topological polar surface area (TPSA) is 46.6 Å². The van der Waals surface area contributed by atoms with Crippen molar-refractivity contribution in [2.24, 2.45) is 0 Å². The van der Waals surface area contributed by atoms with E-state index in [2.05, 4.69) is 6.92 Å². The van der Waals surface area contributed by atoms with Crippen LogP contribution in [0.25, 0.3) is 0 Å². The number of para-hydroxylation sites is 2. The molecule has 0 radical (unpaired) electrons. The van der Waals surface area contributed by atoms with E-state index in [0.29, 0.717) is 23.6 Å². The first-order valence-corrected chi connectivity index (χ1v) is 12.9. The minimum Gasteiger partial charge on any atom is -0.491 e. The quantitative estimate of drug-likeness (QED) is 0.209. The highest BCUT2D eigenvalue weighted by molar-refractivity contribution is 6.25. The maximum Gasteiger partial charge on any atom is 0.265 e. The fraction of sp³-hybridized carbons (Fsp3) is 0.517. The summed E-state index contributed by atoms with van der Waals surface area (Å²) in [7, 11) is 0. The molecule has 0 atom stereocenters. The van der Waals surface area contributed by atoms with Gasteiger partial charge < -0.3 is 4.74 Å². The van der Waals surface area contributed by atoms with E-state index in [-0.39, 0.29) is 18.2 Å². The van der Waals surface area contributed by atoms with Crippen molar-refractivity contribution in [1.82, 2.24) is 0 Å². The van der Waals surface area contributed by atoms with Crippen LogP contribution in [0.3, 0.4) is 0 Å². The number of fused-ring (bicyclic) bond motifs is 1. The zero-order chi connectivity index (χ0) is 23.3. The number of benzene rings is 2. The van der Waals surface area contributed by atoms with Gasteiger partial charge in [-0.05, 0) is 30.2 Å². The summed E-state index contributed by atoms with van der Waals surface area (Å²) in [6.45, 7) is 2.86. The lowest BCUT2D eigenvalue weighted by Crippen LogP contribution is -2.42. The van der Waals surface area contributed by atoms with E-state index in [0.717, 1.165) is 18.4 Å². The van der Waals surface area contributed by atoms with Crippen LogP contribution in [0.15, 0.2) is 48.5 Å². The van der Waals surface area contributed by atoms with Crippen molar-refractivity contribution in [2.75, 3.05) is 11.5 Å². The third kappa shape index (κ3) is 7.45. The molecule has 1 aliphatic rings. The highest BCUT2D eigenvalue weighted by Gasteiger charge is 2.33. The summed E-state index contributed by atoms with van der Waals surface area (Å²) in [5, 5.41) is 0. The molecule has 2 amide bonds. The molecule has 2 aromatic carbocycles. The Balaban J connectivity index is 1.39. The van der Waals surface area contributed by atoms with Crippen LogP contribution < -0.4 is 9.64 Å². The van der Waals surface area contributed by atoms with Gasteiger partial charge in [0.05, 0.1) is 18.7 Å². The number of hydrogen-bond donors (Lipinski definition) is 0. The van der Waals surface area contributed by atoms with Crippen LogP contribution in [0.4, 0.5) is 5.69 Å². The fourth-order valence-electron chi connectivity index (χ4n) is 4.49. The van der Waals surface area contributed by atoms with E-state index in [1.807, 2.05) is 36.4 Å². The number of nitrogens with zero attached hydrogens (tertiary/aromatic N) is 1. The smallest absolute Gasteiger partial charge is 0.265 e. The van der Waals surface area contributed by atoms with Gasteiger partial charge in [0.1, 0.15) is 5.75 Å². The van der Waals surface area contributed by atoms with Gasteiger partial charge in [-0.1, -0.05) is 108 Å². The SMILES string of the molecule is CCCCCCCCCCCCCCOc1ccccc1N1C(=O)Cc2ccccc2C1=O. The monoisotopic (exact) mass is 449 g/mol. The molecule has 1 aliphatic heterocycles. The number of carbonyl (C=O) groups excluding carboxylic acids is 2. The van der Waals surface area contributed by atoms with Gasteiger partial charge in [0.25, 0.3) is 5.91 Å². The van der Waals surface area contributed by atoms with Crippen LogP contribution in [0, 0.1) is 0 Å². The Labute approximate surface area is 199 Å². The maximum atomic E-state index is 13.0. The summed E-state index contributed by atoms with van der Waals surface area (Å²) < 4.78 is 6.02. The molecule has 0 saturated heterocycles. The number of hydrogen-bond acceptors (Lipinski definition) is 3. The van der Waals surface area contributed by atoms with E-state index in [4.69, 9.17) is 4.74 Å². The highest BCUT2D eigenvalue weighted by Crippen LogP contribution is 2.33. The first-order valence-electron chi connectivity index (χ1n) is 12.9. The van der Waals surface area contributed by atoms with Gasteiger partial charge in [-0.2, -0.15) is 0 Å². The molecule has 2 aromatic rings. The Kier molecular flexibility index (Phi) is 10.5. The summed E-state index contributed by atoms with van der Waals surface area (Å²) in [5.41, 5.74) is 1.92. The molecule has 4 nitrogen and oxygen atoms in total. The van der Waals surface area contributed by atoms with Crippen LogP contribution in [-0.4, -0.2) is 18.4 Å². The van der Waals surface area contributed by atoms with Gasteiger partial charge >= 0.3 is 0 Å². The van der Waals surface area contributed by atoms with Crippen molar-refractivity contribution in [3.05, 3.63) is 59.7 Å². The predicted octanol–water partition coefficient (Wildman–Crippen LogP) is 7.50. The highest BCUT2D eigenvalue weighted by atomic mass is 16.5. The summed E-state index contributed by atoms with van der Waals surface area (Å²) in [4.78, 5) is 27.1. The van der Waals surface area contributed by atoms with Gasteiger partial charge in [-0.3, -0.25) is 9.59 Å². The number of anilines is 1. The van der Waals surface area contributed by atoms with Gasteiger partial charge in [-0.25, -0.2) is 4.90 Å². The van der Waals surface area contributed by atoms with Crippen LogP contribution in [0.2, 0.25) is 0 Å². The Morgan fingerprint density at radius 3 is 2.00 bits per heavy atom. The lowest BCUT2D eigenvalue weighted by atomic mass is 9.98. The van der Waals surface area contributed by atoms with E-state index < -0.39 is 0 Å². The zero-order valence-corrected chi connectivity index (χ0v) is 20.2. The Morgan fingerprint density at radius 1 is 0.727 bits per heavy atom. The summed E-state index contributed by atoms with van der Waals surface area (Å²) >= 11 is 0. The van der Waals surface area contributed by atoms with Crippen molar-refractivity contribution >= 4 is 17.5 Å². The number of amides is 2. The molecule has 33 heavy (non-hydrogen) atoms. The lowest BCUT2D eigenvalue weighted by Gasteiger charge is -2.28. The minimum absolute atomic E-state index is 0.208. The molecule has 0 aliphatic carbocycles. The van der Waals surface area contributed by atoms with Gasteiger partial charge in [0.2, 0.25) is 5.91 Å². The molecule has 0 unspecified atom stereocenters. The first kappa shape index (κ1) is 25.0. The van der Waals surface area contributed by atoms with Crippen molar-refractivity contribution in [1.29, 1.82) is 0 Å². The predicted molar refractivity (Wildman–Crippen MR) is 135 cm³/mol. The molecule has 0 saturated carbocycles. The van der Waals surface area contributed by atoms with Crippen LogP contribution in [0.5, 0.6) is 5.75 Å². The third-order valence-electron chi connectivity index (χ3n) is 6.40. The first-order chi connectivity index (χ1) is 16.2. The molecule has 1 heterocycles. The second-order valence-electron chi connectivity index (χ2n) is 9.07. The average Bonchev–Trinajstić information content (AvgIpc) is 2.83. The Bertz CT molecular complexity index is 892. The zero-order valence-electron chi connectivity index (χ0n) is 20.2. The lowest BCUT2D eigenvalue weighted by molar-refractivity contribution is -0.117. The molecule has 0 N–H and O–H groups in total. The Morgan fingerprint density at radius 2 is 1.30 bits per heavy atom. The number of carbonyl (C=O) groups is 2. The number of imide groups is 1. The summed E-state index contributed by atoms with van der Waals surface area (Å²) in [5.74, 6) is 0.116. The fourth-order valence-corrected chi connectivity index (χ4v) is 4.49. The van der Waals surface area contributed by atoms with E-state index in [1.165, 1.54) is 69.1 Å². The summed E-state index contributed by atoms with van der Waals surface area (Å²) in [6.07, 6.45) is 15.8. The van der Waals surface area contributed by atoms with E-state index >= 15 is 0 Å². The largest absolute Gasteiger partial charge is 0.491 e. The van der Waals surface area contributed by atoms with Crippen LogP contribution in [0.1, 0.15) is 99.9 Å².